The lowest BCUT2D eigenvalue weighted by atomic mass is 10.2. The Labute approximate surface area is 95.6 Å². The zero-order valence-corrected chi connectivity index (χ0v) is 9.15. The van der Waals surface area contributed by atoms with Gasteiger partial charge in [-0.25, -0.2) is 0 Å². The molecule has 0 bridgehead atoms. The van der Waals surface area contributed by atoms with Crippen LogP contribution in [0.15, 0.2) is 31.1 Å². The minimum atomic E-state index is 0.598. The van der Waals surface area contributed by atoms with Crippen molar-refractivity contribution in [3.05, 3.63) is 36.7 Å². The fraction of sp³-hybridized carbons (Fsp3) is 0.333. The van der Waals surface area contributed by atoms with Gasteiger partial charge in [-0.15, -0.1) is 6.58 Å². The molecule has 0 aromatic carbocycles. The van der Waals surface area contributed by atoms with Crippen molar-refractivity contribution >= 4 is 5.69 Å². The first-order chi connectivity index (χ1) is 7.88. The minimum Gasteiger partial charge on any atom is -0.380 e. The molecular weight excluding hydrogens is 202 g/mol. The topological polar surface area (TPSA) is 57.9 Å². The van der Waals surface area contributed by atoms with Crippen LogP contribution >= 0.6 is 0 Å². The second-order valence-corrected chi connectivity index (χ2v) is 3.15. The molecule has 0 aliphatic carbocycles. The summed E-state index contributed by atoms with van der Waals surface area (Å²) in [5.74, 6) is 0. The number of aromatic nitrogens is 1. The molecule has 0 saturated heterocycles. The summed E-state index contributed by atoms with van der Waals surface area (Å²) in [6, 6.07) is 3.78. The number of hydrogen-bond donors (Lipinski definition) is 1. The first-order valence-electron chi connectivity index (χ1n) is 5.15. The molecule has 1 N–H and O–H groups in total. The van der Waals surface area contributed by atoms with Gasteiger partial charge in [-0.05, 0) is 12.5 Å². The van der Waals surface area contributed by atoms with E-state index >= 15 is 0 Å². The molecule has 0 fully saturated rings. The molecule has 1 aromatic rings. The predicted molar refractivity (Wildman–Crippen MR) is 63.1 cm³/mol. The van der Waals surface area contributed by atoms with E-state index in [1.54, 1.807) is 18.5 Å². The number of nitrogens with zero attached hydrogens (tertiary/aromatic N) is 2. The number of hydrogen-bond acceptors (Lipinski definition) is 4. The Balaban J connectivity index is 2.27. The fourth-order valence-electron chi connectivity index (χ4n) is 1.16. The number of ether oxygens (including phenoxy) is 1. The van der Waals surface area contributed by atoms with Crippen LogP contribution in [0.2, 0.25) is 0 Å². The number of anilines is 1. The molecule has 0 unspecified atom stereocenters. The van der Waals surface area contributed by atoms with Gasteiger partial charge in [-0.2, -0.15) is 5.26 Å². The minimum absolute atomic E-state index is 0.598. The van der Waals surface area contributed by atoms with Gasteiger partial charge in [-0.1, -0.05) is 6.08 Å². The molecule has 0 aliphatic rings. The smallest absolute Gasteiger partial charge is 0.101 e. The number of pyridine rings is 1. The molecule has 0 amide bonds. The lowest BCUT2D eigenvalue weighted by molar-refractivity contribution is 0.149. The first-order valence-corrected chi connectivity index (χ1v) is 5.15. The zero-order valence-electron chi connectivity index (χ0n) is 9.15. The Morgan fingerprint density at radius 3 is 3.19 bits per heavy atom. The van der Waals surface area contributed by atoms with Crippen molar-refractivity contribution in [2.75, 3.05) is 25.1 Å². The van der Waals surface area contributed by atoms with Crippen molar-refractivity contribution in [3.8, 4) is 6.07 Å². The van der Waals surface area contributed by atoms with E-state index in [9.17, 15) is 0 Å². The van der Waals surface area contributed by atoms with Crippen molar-refractivity contribution in [1.29, 1.82) is 5.26 Å². The van der Waals surface area contributed by atoms with E-state index in [2.05, 4.69) is 22.9 Å². The first kappa shape index (κ1) is 12.2. The van der Waals surface area contributed by atoms with Crippen LogP contribution in [0.5, 0.6) is 0 Å². The van der Waals surface area contributed by atoms with Gasteiger partial charge in [0.25, 0.3) is 0 Å². The Morgan fingerprint density at radius 1 is 1.56 bits per heavy atom. The molecular formula is C12H15N3O. The van der Waals surface area contributed by atoms with Gasteiger partial charge in [0.2, 0.25) is 0 Å². The summed E-state index contributed by atoms with van der Waals surface area (Å²) >= 11 is 0. The fourth-order valence-corrected chi connectivity index (χ4v) is 1.16. The van der Waals surface area contributed by atoms with Gasteiger partial charge < -0.3 is 10.1 Å². The van der Waals surface area contributed by atoms with Crippen molar-refractivity contribution in [2.45, 2.75) is 6.42 Å². The summed E-state index contributed by atoms with van der Waals surface area (Å²) in [7, 11) is 0. The van der Waals surface area contributed by atoms with E-state index in [1.807, 2.05) is 6.08 Å². The molecule has 4 heteroatoms. The van der Waals surface area contributed by atoms with Crippen molar-refractivity contribution in [2.24, 2.45) is 0 Å². The van der Waals surface area contributed by atoms with E-state index in [4.69, 9.17) is 10.00 Å². The maximum absolute atomic E-state index is 8.83. The highest BCUT2D eigenvalue weighted by atomic mass is 16.5. The Morgan fingerprint density at radius 2 is 2.44 bits per heavy atom. The van der Waals surface area contributed by atoms with E-state index in [0.29, 0.717) is 25.3 Å². The van der Waals surface area contributed by atoms with Crippen molar-refractivity contribution < 1.29 is 4.74 Å². The maximum atomic E-state index is 8.83. The van der Waals surface area contributed by atoms with Crippen LogP contribution in [0.3, 0.4) is 0 Å². The SMILES string of the molecule is C=CCCOCCNc1cnccc1C#N. The molecule has 1 heterocycles. The van der Waals surface area contributed by atoms with Gasteiger partial charge >= 0.3 is 0 Å². The quantitative estimate of drug-likeness (QED) is 0.560. The Bertz CT molecular complexity index is 371. The van der Waals surface area contributed by atoms with Crippen LogP contribution in [0.25, 0.3) is 0 Å². The Hall–Kier alpha value is -1.86. The van der Waals surface area contributed by atoms with Crippen molar-refractivity contribution in [1.82, 2.24) is 4.98 Å². The molecule has 4 nitrogen and oxygen atoms in total. The van der Waals surface area contributed by atoms with Gasteiger partial charge in [0.1, 0.15) is 6.07 Å². The molecule has 84 valence electrons. The summed E-state index contributed by atoms with van der Waals surface area (Å²) in [6.07, 6.45) is 5.92. The summed E-state index contributed by atoms with van der Waals surface area (Å²) < 4.78 is 5.33. The number of nitriles is 1. The summed E-state index contributed by atoms with van der Waals surface area (Å²) in [5.41, 5.74) is 1.35. The summed E-state index contributed by atoms with van der Waals surface area (Å²) in [6.45, 7) is 5.56. The maximum Gasteiger partial charge on any atom is 0.101 e. The van der Waals surface area contributed by atoms with Crippen LogP contribution < -0.4 is 5.32 Å². The largest absolute Gasteiger partial charge is 0.380 e. The molecule has 16 heavy (non-hydrogen) atoms. The molecule has 0 saturated carbocycles. The lowest BCUT2D eigenvalue weighted by Gasteiger charge is -2.07. The van der Waals surface area contributed by atoms with Crippen LogP contribution in [-0.4, -0.2) is 24.7 Å². The Kier molecular flexibility index (Phi) is 5.67. The molecule has 0 radical (unpaired) electrons. The third-order valence-corrected chi connectivity index (χ3v) is 1.97. The van der Waals surface area contributed by atoms with Gasteiger partial charge in [0, 0.05) is 12.7 Å². The molecule has 1 aromatic heterocycles. The molecule has 1 rings (SSSR count). The molecule has 0 atom stereocenters. The highest BCUT2D eigenvalue weighted by Crippen LogP contribution is 2.10. The summed E-state index contributed by atoms with van der Waals surface area (Å²) in [4.78, 5) is 3.95. The van der Waals surface area contributed by atoms with Crippen LogP contribution in [0.1, 0.15) is 12.0 Å². The average Bonchev–Trinajstić information content (AvgIpc) is 2.34. The van der Waals surface area contributed by atoms with Gasteiger partial charge in [0.05, 0.1) is 30.7 Å². The zero-order chi connectivity index (χ0) is 11.6. The predicted octanol–water partition coefficient (Wildman–Crippen LogP) is 1.96. The number of nitrogens with one attached hydrogen (secondary N) is 1. The normalized spacial score (nSPS) is 9.44. The summed E-state index contributed by atoms with van der Waals surface area (Å²) in [5, 5.41) is 11.9. The molecule has 0 aliphatic heterocycles. The van der Waals surface area contributed by atoms with E-state index in [1.165, 1.54) is 0 Å². The third kappa shape index (κ3) is 4.11. The van der Waals surface area contributed by atoms with Crippen LogP contribution in [0.4, 0.5) is 5.69 Å². The van der Waals surface area contributed by atoms with Crippen molar-refractivity contribution in [3.63, 3.8) is 0 Å². The monoisotopic (exact) mass is 217 g/mol. The standard InChI is InChI=1S/C12H15N3O/c1-2-3-7-16-8-6-15-12-10-14-5-4-11(12)9-13/h2,4-5,10,15H,1,3,6-8H2. The van der Waals surface area contributed by atoms with Crippen LogP contribution in [0, 0.1) is 11.3 Å². The molecule has 0 spiro atoms. The second-order valence-electron chi connectivity index (χ2n) is 3.15. The third-order valence-electron chi connectivity index (χ3n) is 1.97. The number of rotatable bonds is 7. The van der Waals surface area contributed by atoms with Gasteiger partial charge in [-0.3, -0.25) is 4.98 Å². The van der Waals surface area contributed by atoms with E-state index < -0.39 is 0 Å². The highest BCUT2D eigenvalue weighted by Gasteiger charge is 1.99. The van der Waals surface area contributed by atoms with E-state index in [0.717, 1.165) is 12.1 Å². The highest BCUT2D eigenvalue weighted by molar-refractivity contribution is 5.55. The second kappa shape index (κ2) is 7.43. The van der Waals surface area contributed by atoms with Crippen LogP contribution in [-0.2, 0) is 4.74 Å². The average molecular weight is 217 g/mol. The van der Waals surface area contributed by atoms with E-state index in [-0.39, 0.29) is 0 Å². The lowest BCUT2D eigenvalue weighted by Crippen LogP contribution is -2.10. The van der Waals surface area contributed by atoms with Gasteiger partial charge in [0.15, 0.2) is 0 Å².